The van der Waals surface area contributed by atoms with Gasteiger partial charge in [-0.25, -0.2) is 0 Å². The molecule has 0 bridgehead atoms. The van der Waals surface area contributed by atoms with Crippen molar-refractivity contribution in [3.05, 3.63) is 23.8 Å². The van der Waals surface area contributed by atoms with E-state index in [4.69, 9.17) is 28.4 Å². The van der Waals surface area contributed by atoms with E-state index in [1.807, 2.05) is 0 Å². The number of rotatable bonds is 17. The van der Waals surface area contributed by atoms with Gasteiger partial charge in [-0.2, -0.15) is 0 Å². The summed E-state index contributed by atoms with van der Waals surface area (Å²) >= 11 is 0. The first-order valence-corrected chi connectivity index (χ1v) is 15.6. The minimum atomic E-state index is -1.63. The van der Waals surface area contributed by atoms with Gasteiger partial charge in [0.15, 0.2) is 24.1 Å². The monoisotopic (exact) mass is 659 g/mol. The summed E-state index contributed by atoms with van der Waals surface area (Å²) in [6, 6.07) is 3.09. The Hall–Kier alpha value is -2.60. The third-order valence-electron chi connectivity index (χ3n) is 8.22. The molecule has 10 atom stereocenters. The molecule has 2 aliphatic heterocycles. The van der Waals surface area contributed by atoms with Gasteiger partial charge in [-0.15, -0.1) is 0 Å². The van der Waals surface area contributed by atoms with Crippen LogP contribution in [0.5, 0.6) is 11.5 Å². The molecule has 3 rings (SSSR count). The van der Waals surface area contributed by atoms with E-state index in [0.29, 0.717) is 12.8 Å². The third kappa shape index (κ3) is 9.95. The summed E-state index contributed by atoms with van der Waals surface area (Å²) in [5.74, 6) is -0.847. The predicted octanol–water partition coefficient (Wildman–Crippen LogP) is 0.364. The Morgan fingerprint density at radius 1 is 0.891 bits per heavy atom. The van der Waals surface area contributed by atoms with E-state index >= 15 is 0 Å². The first kappa shape index (κ1) is 37.9. The van der Waals surface area contributed by atoms with Crippen LogP contribution in [0.1, 0.15) is 62.2 Å². The second-order valence-corrected chi connectivity index (χ2v) is 11.4. The molecule has 0 aliphatic carbocycles. The average molecular weight is 660 g/mol. The average Bonchev–Trinajstić information content (AvgIpc) is 3.05. The maximum Gasteiger partial charge on any atom is 0.305 e. The Kier molecular flexibility index (Phi) is 15.4. The number of carbonyl (C=O) groups is 2. The van der Waals surface area contributed by atoms with Crippen molar-refractivity contribution in [1.82, 2.24) is 5.32 Å². The molecule has 6 N–H and O–H groups in total. The summed E-state index contributed by atoms with van der Waals surface area (Å²) in [6.45, 7) is 1.22. The van der Waals surface area contributed by atoms with Gasteiger partial charge >= 0.3 is 5.97 Å². The highest BCUT2D eigenvalue weighted by Gasteiger charge is 2.51. The first-order chi connectivity index (χ1) is 22.1. The van der Waals surface area contributed by atoms with E-state index in [9.17, 15) is 35.1 Å². The van der Waals surface area contributed by atoms with Gasteiger partial charge in [-0.05, 0) is 38.0 Å². The van der Waals surface area contributed by atoms with Crippen LogP contribution in [0.25, 0.3) is 0 Å². The molecule has 262 valence electrons. The largest absolute Gasteiger partial charge is 0.504 e. The lowest BCUT2D eigenvalue weighted by Crippen LogP contribution is -2.67. The number of carbonyl (C=O) groups excluding carboxylic acids is 2. The molecule has 0 spiro atoms. The standard InChI is InChI=1S/C31H49NO14/c1-17-24(36)25(37)26(38)31(44-17)46-27-21(16-33)45-30(43-14-10-8-6-5-7-9-11-22(35)41-3)23(28(27)42-4)32-29(39)18-12-13-19(34)20(15-18)40-2/h12-13,15,17,21,23-28,30-31,33-34,36-38H,5-11,14,16H2,1-4H3,(H,32,39)/t17?,21?,23?,24-,25?,26?,27-,28?,30-,31?/m1/s1. The number of amides is 1. The molecule has 46 heavy (non-hydrogen) atoms. The minimum absolute atomic E-state index is 0.0915. The number of phenolic OH excluding ortho intramolecular Hbond substituents is 1. The van der Waals surface area contributed by atoms with Crippen LogP contribution < -0.4 is 10.1 Å². The Bertz CT molecular complexity index is 1090. The van der Waals surface area contributed by atoms with E-state index in [1.54, 1.807) is 0 Å². The van der Waals surface area contributed by atoms with Gasteiger partial charge in [-0.1, -0.05) is 25.7 Å². The molecule has 0 saturated carbocycles. The van der Waals surface area contributed by atoms with Crippen molar-refractivity contribution in [2.45, 2.75) is 113 Å². The lowest BCUT2D eigenvalue weighted by molar-refractivity contribution is -0.346. The van der Waals surface area contributed by atoms with Gasteiger partial charge in [0, 0.05) is 25.7 Å². The number of phenols is 1. The molecule has 15 nitrogen and oxygen atoms in total. The molecule has 15 heteroatoms. The maximum absolute atomic E-state index is 13.4. The minimum Gasteiger partial charge on any atom is -0.504 e. The molecule has 2 aliphatic rings. The van der Waals surface area contributed by atoms with Crippen LogP contribution in [0.4, 0.5) is 0 Å². The fraction of sp³-hybridized carbons (Fsp3) is 0.742. The van der Waals surface area contributed by atoms with Gasteiger partial charge < -0.3 is 64.0 Å². The number of aromatic hydroxyl groups is 1. The van der Waals surface area contributed by atoms with Crippen LogP contribution in [0.2, 0.25) is 0 Å². The van der Waals surface area contributed by atoms with Crippen LogP contribution in [0, 0.1) is 0 Å². The summed E-state index contributed by atoms with van der Waals surface area (Å²) in [5, 5.41) is 54.1. The lowest BCUT2D eigenvalue weighted by atomic mass is 9.95. The number of hydrogen-bond donors (Lipinski definition) is 6. The number of esters is 1. The summed E-state index contributed by atoms with van der Waals surface area (Å²) in [5.41, 5.74) is 0.161. The van der Waals surface area contributed by atoms with Crippen molar-refractivity contribution in [2.24, 2.45) is 0 Å². The molecule has 1 amide bonds. The van der Waals surface area contributed by atoms with E-state index in [0.717, 1.165) is 32.1 Å². The second-order valence-electron chi connectivity index (χ2n) is 11.4. The molecule has 2 heterocycles. The molecule has 0 radical (unpaired) electrons. The van der Waals surface area contributed by atoms with E-state index in [-0.39, 0.29) is 29.6 Å². The van der Waals surface area contributed by atoms with Crippen LogP contribution >= 0.6 is 0 Å². The zero-order valence-electron chi connectivity index (χ0n) is 26.8. The van der Waals surface area contributed by atoms with Crippen LogP contribution in [0.15, 0.2) is 18.2 Å². The van der Waals surface area contributed by atoms with Crippen molar-refractivity contribution in [1.29, 1.82) is 0 Å². The Balaban J connectivity index is 1.73. The van der Waals surface area contributed by atoms with Gasteiger partial charge in [0.25, 0.3) is 5.91 Å². The number of aliphatic hydroxyl groups is 4. The number of ether oxygens (including phenoxy) is 7. The summed E-state index contributed by atoms with van der Waals surface area (Å²) in [6.07, 6.45) is -5.67. The number of methoxy groups -OCH3 is 3. The molecule has 2 fully saturated rings. The fourth-order valence-corrected chi connectivity index (χ4v) is 5.51. The fourth-order valence-electron chi connectivity index (χ4n) is 5.51. The molecule has 1 aromatic carbocycles. The van der Waals surface area contributed by atoms with Crippen molar-refractivity contribution in [3.8, 4) is 11.5 Å². The van der Waals surface area contributed by atoms with Crippen molar-refractivity contribution in [2.75, 3.05) is 34.5 Å². The SMILES string of the molecule is COC(=O)CCCCCCCCO[C@@H]1OC(CO)[C@@H](OC2OC(C)[C@@H](O)C(O)C2O)C(OC)C1NC(=O)c1ccc(O)c(OC)c1. The maximum atomic E-state index is 13.4. The lowest BCUT2D eigenvalue weighted by Gasteiger charge is -2.48. The highest BCUT2D eigenvalue weighted by atomic mass is 16.7. The molecule has 7 unspecified atom stereocenters. The number of benzene rings is 1. The summed E-state index contributed by atoms with van der Waals surface area (Å²) < 4.78 is 39.4. The van der Waals surface area contributed by atoms with Crippen LogP contribution in [-0.4, -0.2) is 133 Å². The molecule has 2 saturated heterocycles. The van der Waals surface area contributed by atoms with Gasteiger partial charge in [-0.3, -0.25) is 9.59 Å². The van der Waals surface area contributed by atoms with Crippen molar-refractivity contribution < 1.29 is 68.3 Å². The van der Waals surface area contributed by atoms with Gasteiger partial charge in [0.05, 0.1) is 26.9 Å². The third-order valence-corrected chi connectivity index (χ3v) is 8.22. The number of aliphatic hydroxyl groups excluding tert-OH is 4. The summed E-state index contributed by atoms with van der Waals surface area (Å²) in [4.78, 5) is 24.7. The highest BCUT2D eigenvalue weighted by Crippen LogP contribution is 2.32. The van der Waals surface area contributed by atoms with Gasteiger partial charge in [0.2, 0.25) is 0 Å². The number of hydrogen-bond acceptors (Lipinski definition) is 14. The Morgan fingerprint density at radius 2 is 1.59 bits per heavy atom. The predicted molar refractivity (Wildman–Crippen MR) is 160 cm³/mol. The second kappa shape index (κ2) is 18.7. The number of unbranched alkanes of at least 4 members (excludes halogenated alkanes) is 5. The zero-order chi connectivity index (χ0) is 33.8. The van der Waals surface area contributed by atoms with Gasteiger partial charge in [0.1, 0.15) is 42.7 Å². The van der Waals surface area contributed by atoms with Crippen LogP contribution in [0.3, 0.4) is 0 Å². The zero-order valence-corrected chi connectivity index (χ0v) is 26.8. The number of nitrogens with one attached hydrogen (secondary N) is 1. The molecular weight excluding hydrogens is 610 g/mol. The quantitative estimate of drug-likeness (QED) is 0.0985. The van der Waals surface area contributed by atoms with Crippen molar-refractivity contribution >= 4 is 11.9 Å². The Morgan fingerprint density at radius 3 is 2.24 bits per heavy atom. The molecule has 1 aromatic rings. The smallest absolute Gasteiger partial charge is 0.305 e. The van der Waals surface area contributed by atoms with E-state index < -0.39 is 73.9 Å². The highest BCUT2D eigenvalue weighted by molar-refractivity contribution is 5.95. The van der Waals surface area contributed by atoms with Crippen molar-refractivity contribution in [3.63, 3.8) is 0 Å². The normalized spacial score (nSPS) is 31.3. The molecule has 0 aromatic heterocycles. The van der Waals surface area contributed by atoms with E-state index in [2.05, 4.69) is 10.1 Å². The van der Waals surface area contributed by atoms with E-state index in [1.165, 1.54) is 46.5 Å². The molecular formula is C31H49NO14. The first-order valence-electron chi connectivity index (χ1n) is 15.6. The Labute approximate surface area is 268 Å². The summed E-state index contributed by atoms with van der Waals surface area (Å²) in [7, 11) is 4.10. The topological polar surface area (TPSA) is 212 Å². The van der Waals surface area contributed by atoms with Crippen LogP contribution in [-0.2, 0) is 33.2 Å².